The molecule has 185 valence electrons. The van der Waals surface area contributed by atoms with Gasteiger partial charge in [0.05, 0.1) is 34.8 Å². The van der Waals surface area contributed by atoms with Crippen LogP contribution in [-0.4, -0.2) is 60.5 Å². The molecule has 3 heterocycles. The van der Waals surface area contributed by atoms with Crippen LogP contribution in [0, 0.1) is 22.7 Å². The van der Waals surface area contributed by atoms with E-state index in [2.05, 4.69) is 32.4 Å². The van der Waals surface area contributed by atoms with Crippen LogP contribution in [0.15, 0.2) is 36.7 Å². The van der Waals surface area contributed by atoms with Crippen LogP contribution in [-0.2, 0) is 21.4 Å². The summed E-state index contributed by atoms with van der Waals surface area (Å²) in [5.41, 5.74) is 4.15. The summed E-state index contributed by atoms with van der Waals surface area (Å²) in [7, 11) is 3.02. The summed E-state index contributed by atoms with van der Waals surface area (Å²) in [6.45, 7) is 2.70. The number of aromatic nitrogens is 3. The van der Waals surface area contributed by atoms with Crippen LogP contribution in [0.25, 0.3) is 11.3 Å². The second kappa shape index (κ2) is 11.2. The van der Waals surface area contributed by atoms with Crippen molar-refractivity contribution in [3.63, 3.8) is 0 Å². The number of carbonyl (C=O) groups excluding carboxylic acids is 1. The molecule has 0 saturated heterocycles. The number of anilines is 3. The second-order valence-electron chi connectivity index (χ2n) is 8.98. The zero-order valence-corrected chi connectivity index (χ0v) is 20.6. The number of nitrogens with one attached hydrogen (secondary N) is 1. The number of benzene rings is 1. The Hall–Kier alpha value is -4.32. The fourth-order valence-corrected chi connectivity index (χ4v) is 4.46. The topological polar surface area (TPSA) is 148 Å². The summed E-state index contributed by atoms with van der Waals surface area (Å²) < 4.78 is 5.14. The summed E-state index contributed by atoms with van der Waals surface area (Å²) in [4.78, 5) is 26.3. The average Bonchev–Trinajstić information content (AvgIpc) is 3.21. The van der Waals surface area contributed by atoms with Crippen LogP contribution < -0.4 is 10.1 Å². The fraction of sp³-hybridized carbons (Fsp3) is 0.308. The Labute approximate surface area is 215 Å². The summed E-state index contributed by atoms with van der Waals surface area (Å²) in [5, 5.41) is 32.6. The first-order chi connectivity index (χ1) is 18.0. The minimum atomic E-state index is -0.662. The molecule has 0 saturated carbocycles. The van der Waals surface area contributed by atoms with Gasteiger partial charge in [0, 0.05) is 49.3 Å². The van der Waals surface area contributed by atoms with Crippen LogP contribution in [0.1, 0.15) is 35.7 Å². The molecule has 0 amide bonds. The summed E-state index contributed by atoms with van der Waals surface area (Å²) >= 11 is 0. The van der Waals surface area contributed by atoms with E-state index < -0.39 is 5.41 Å². The number of carbonyl (C=O) groups is 1. The highest BCUT2D eigenvalue weighted by molar-refractivity contribution is 6.70. The van der Waals surface area contributed by atoms with Crippen LogP contribution in [0.5, 0.6) is 0 Å². The lowest BCUT2D eigenvalue weighted by Gasteiger charge is -2.23. The van der Waals surface area contributed by atoms with Crippen molar-refractivity contribution in [1.82, 2.24) is 15.0 Å². The monoisotopic (exact) mass is 494 g/mol. The van der Waals surface area contributed by atoms with Gasteiger partial charge in [-0.25, -0.2) is 9.97 Å². The molecule has 1 aliphatic heterocycles. The number of aliphatic hydroxyl groups excluding tert-OH is 1. The highest BCUT2D eigenvalue weighted by Crippen LogP contribution is 2.44. The Kier molecular flexibility index (Phi) is 7.78. The van der Waals surface area contributed by atoms with Crippen molar-refractivity contribution in [1.29, 1.82) is 10.5 Å². The van der Waals surface area contributed by atoms with Gasteiger partial charge in [-0.05, 0) is 42.7 Å². The van der Waals surface area contributed by atoms with E-state index in [1.807, 2.05) is 13.0 Å². The van der Waals surface area contributed by atoms with Gasteiger partial charge in [0.25, 0.3) is 0 Å². The van der Waals surface area contributed by atoms with Crippen LogP contribution >= 0.6 is 0 Å². The fourth-order valence-electron chi connectivity index (χ4n) is 4.46. The first kappa shape index (κ1) is 25.8. The molecule has 0 fully saturated rings. The molecular weight excluding hydrogens is 469 g/mol. The van der Waals surface area contributed by atoms with Crippen LogP contribution in [0.3, 0.4) is 0 Å². The molecule has 3 aromatic rings. The number of ether oxygens (including phenoxy) is 1. The minimum Gasteiger partial charge on any atom is -0.410 e. The van der Waals surface area contributed by atoms with Gasteiger partial charge < -0.3 is 24.8 Å². The van der Waals surface area contributed by atoms with Crippen molar-refractivity contribution in [2.45, 2.75) is 25.2 Å². The highest BCUT2D eigenvalue weighted by Gasteiger charge is 2.40. The number of aliphatic hydroxyl groups is 1. The maximum atomic E-state index is 11.2. The molecule has 10 nitrogen and oxygen atoms in total. The normalized spacial score (nSPS) is 16.0. The molecule has 4 rings (SSSR count). The molecule has 2 aromatic heterocycles. The van der Waals surface area contributed by atoms with E-state index in [4.69, 9.17) is 4.74 Å². The lowest BCUT2D eigenvalue weighted by atomic mass is 9.83. The molecule has 1 atom stereocenters. The number of rotatable bonds is 10. The number of nitrogens with zero attached hydrogens (tertiary/aromatic N) is 6. The quantitative estimate of drug-likeness (QED) is 0.245. The summed E-state index contributed by atoms with van der Waals surface area (Å²) in [5.74, 6) is 0.308. The van der Waals surface area contributed by atoms with Crippen molar-refractivity contribution in [3.05, 3.63) is 59.0 Å². The molecule has 1 radical (unpaired) electrons. The predicted molar refractivity (Wildman–Crippen MR) is 139 cm³/mol. The molecule has 37 heavy (non-hydrogen) atoms. The summed E-state index contributed by atoms with van der Waals surface area (Å²) in [6.07, 6.45) is 5.21. The first-order valence-electron chi connectivity index (χ1n) is 11.7. The van der Waals surface area contributed by atoms with Crippen LogP contribution in [0.4, 0.5) is 17.3 Å². The maximum absolute atomic E-state index is 11.2. The number of methoxy groups -OCH3 is 1. The van der Waals surface area contributed by atoms with Gasteiger partial charge in [0.15, 0.2) is 0 Å². The Balaban J connectivity index is 1.72. The summed E-state index contributed by atoms with van der Waals surface area (Å²) in [6, 6.07) is 11.4. The third-order valence-electron chi connectivity index (χ3n) is 6.34. The van der Waals surface area contributed by atoms with E-state index in [9.17, 15) is 20.4 Å². The van der Waals surface area contributed by atoms with Gasteiger partial charge in [0.1, 0.15) is 18.3 Å². The van der Waals surface area contributed by atoms with Gasteiger partial charge in [0.2, 0.25) is 5.95 Å². The second-order valence-corrected chi connectivity index (χ2v) is 8.98. The Morgan fingerprint density at radius 2 is 2.14 bits per heavy atom. The zero-order valence-electron chi connectivity index (χ0n) is 20.6. The van der Waals surface area contributed by atoms with Crippen molar-refractivity contribution in [2.75, 3.05) is 37.0 Å². The molecule has 1 aromatic carbocycles. The first-order valence-corrected chi connectivity index (χ1v) is 11.7. The molecule has 2 N–H and O–H groups in total. The van der Waals surface area contributed by atoms with Crippen LogP contribution in [0.2, 0.25) is 0 Å². The highest BCUT2D eigenvalue weighted by atomic mass is 16.5. The largest absolute Gasteiger partial charge is 0.410 e. The Bertz CT molecular complexity index is 1400. The lowest BCUT2D eigenvalue weighted by molar-refractivity contribution is 0.195. The molecular formula is C26H25BN7O3. The van der Waals surface area contributed by atoms with Crippen molar-refractivity contribution in [3.8, 4) is 23.4 Å². The van der Waals surface area contributed by atoms with Crippen molar-refractivity contribution >= 4 is 30.9 Å². The van der Waals surface area contributed by atoms with E-state index in [1.165, 1.54) is 13.6 Å². The Morgan fingerprint density at radius 1 is 1.30 bits per heavy atom. The number of fused-ring (bicyclic) bond motifs is 1. The molecule has 0 unspecified atom stereocenters. The third kappa shape index (κ3) is 5.28. The lowest BCUT2D eigenvalue weighted by Crippen LogP contribution is -2.36. The van der Waals surface area contributed by atoms with E-state index >= 15 is 0 Å². The van der Waals surface area contributed by atoms with Gasteiger partial charge in [-0.3, -0.25) is 4.98 Å². The average molecular weight is 494 g/mol. The smallest absolute Gasteiger partial charge is 0.329 e. The molecule has 0 spiro atoms. The van der Waals surface area contributed by atoms with E-state index in [-0.39, 0.29) is 6.61 Å². The minimum absolute atomic E-state index is 0.151. The Morgan fingerprint density at radius 3 is 2.84 bits per heavy atom. The van der Waals surface area contributed by atoms with Gasteiger partial charge in [-0.15, -0.1) is 0 Å². The standard InChI is InChI=1S/C26H25BN7O3/c1-26(15-35)14-34(27-16-36)24-19(12-29)9-18(10-20(24)26)21-5-6-30-25(32-21)33-23-8-17(11-28)13-31-22(23)4-3-7-37-2/h5-6,8-10,13,16,35H,3-4,7,14-15H2,1-2H3,(H,30,32,33)/t26-/m1/s1. The molecule has 0 bridgehead atoms. The SMILES string of the molecule is COCCCc1ncc(C#N)cc1Nc1nccc(-c2cc(C#N)c3c(c2)[C@@](C)(CO)CN3[B]C=O)n1. The predicted octanol–water partition coefficient (Wildman–Crippen LogP) is 2.48. The number of hydrogen-bond acceptors (Lipinski definition) is 10. The number of hydrogen-bond donors (Lipinski definition) is 2. The van der Waals surface area contributed by atoms with Gasteiger partial charge in [-0.1, -0.05) is 6.92 Å². The number of nitriles is 2. The third-order valence-corrected chi connectivity index (χ3v) is 6.34. The zero-order chi connectivity index (χ0) is 26.4. The van der Waals surface area contributed by atoms with Crippen molar-refractivity contribution < 1.29 is 14.6 Å². The molecule has 1 aliphatic rings. The van der Waals surface area contributed by atoms with E-state index in [1.54, 1.807) is 36.3 Å². The maximum Gasteiger partial charge on any atom is 0.329 e. The van der Waals surface area contributed by atoms with Gasteiger partial charge >= 0.3 is 7.41 Å². The number of aryl methyl sites for hydroxylation is 1. The number of pyridine rings is 1. The van der Waals surface area contributed by atoms with Gasteiger partial charge in [-0.2, -0.15) is 10.5 Å². The van der Waals surface area contributed by atoms with E-state index in [0.717, 1.165) is 17.7 Å². The van der Waals surface area contributed by atoms with Crippen molar-refractivity contribution in [2.24, 2.45) is 0 Å². The molecule has 11 heteroatoms. The van der Waals surface area contributed by atoms with E-state index in [0.29, 0.717) is 65.5 Å². The molecule has 0 aliphatic carbocycles.